The fraction of sp³-hybridized carbons (Fsp3) is 0.143. The molecule has 0 aliphatic carbocycles. The Balaban J connectivity index is 2.22. The Morgan fingerprint density at radius 3 is 2.44 bits per heavy atom. The third kappa shape index (κ3) is 2.34. The average molecular weight is 213 g/mol. The number of hydrogen-bond donors (Lipinski definition) is 2. The minimum absolute atomic E-state index is 0.362. The number of phenolic OH excluding ortho intramolecular Hbond substituents is 1. The molecule has 2 N–H and O–H groups in total. The molecule has 0 spiro atoms. The van der Waals surface area contributed by atoms with E-state index in [1.807, 2.05) is 49.4 Å². The molecule has 16 heavy (non-hydrogen) atoms. The molecule has 2 rings (SSSR count). The predicted octanol–water partition coefficient (Wildman–Crippen LogP) is 3.70. The number of phenols is 1. The molecule has 0 saturated heterocycles. The number of aromatic hydroxyl groups is 1. The van der Waals surface area contributed by atoms with E-state index in [4.69, 9.17) is 0 Å². The molecule has 0 aliphatic heterocycles. The van der Waals surface area contributed by atoms with Gasteiger partial charge in [-0.2, -0.15) is 0 Å². The van der Waals surface area contributed by atoms with Gasteiger partial charge in [-0.15, -0.1) is 0 Å². The highest BCUT2D eigenvalue weighted by Crippen LogP contribution is 2.24. The zero-order chi connectivity index (χ0) is 11.4. The van der Waals surface area contributed by atoms with E-state index in [9.17, 15) is 5.11 Å². The highest BCUT2D eigenvalue weighted by Gasteiger charge is 2.00. The molecule has 0 saturated carbocycles. The van der Waals surface area contributed by atoms with Crippen molar-refractivity contribution in [3.8, 4) is 5.75 Å². The zero-order valence-electron chi connectivity index (χ0n) is 9.27. The van der Waals surface area contributed by atoms with Crippen LogP contribution in [0, 0.1) is 0 Å². The number of hydrogen-bond acceptors (Lipinski definition) is 2. The normalized spacial score (nSPS) is 10.1. The fourth-order valence-electron chi connectivity index (χ4n) is 1.63. The van der Waals surface area contributed by atoms with E-state index in [-0.39, 0.29) is 0 Å². The molecule has 0 radical (unpaired) electrons. The fourth-order valence-corrected chi connectivity index (χ4v) is 1.63. The van der Waals surface area contributed by atoms with Gasteiger partial charge in [-0.25, -0.2) is 0 Å². The number of rotatable bonds is 3. The van der Waals surface area contributed by atoms with E-state index >= 15 is 0 Å². The molecule has 0 aromatic heterocycles. The van der Waals surface area contributed by atoms with E-state index < -0.39 is 0 Å². The topological polar surface area (TPSA) is 32.3 Å². The summed E-state index contributed by atoms with van der Waals surface area (Å²) in [7, 11) is 0. The van der Waals surface area contributed by atoms with Crippen LogP contribution in [0.15, 0.2) is 48.5 Å². The third-order valence-electron chi connectivity index (χ3n) is 2.52. The van der Waals surface area contributed by atoms with Crippen molar-refractivity contribution in [2.75, 3.05) is 5.32 Å². The summed E-state index contributed by atoms with van der Waals surface area (Å²) in [4.78, 5) is 0. The summed E-state index contributed by atoms with van der Waals surface area (Å²) in [5.41, 5.74) is 3.01. The quantitative estimate of drug-likeness (QED) is 0.762. The van der Waals surface area contributed by atoms with Crippen molar-refractivity contribution in [3.05, 3.63) is 54.1 Å². The molecule has 82 valence electrons. The van der Waals surface area contributed by atoms with Crippen LogP contribution in [0.1, 0.15) is 12.5 Å². The second-order valence-electron chi connectivity index (χ2n) is 3.69. The highest BCUT2D eigenvalue weighted by molar-refractivity contribution is 5.61. The molecule has 0 heterocycles. The lowest BCUT2D eigenvalue weighted by atomic mass is 10.1. The molecular weight excluding hydrogens is 198 g/mol. The first-order valence-electron chi connectivity index (χ1n) is 5.43. The zero-order valence-corrected chi connectivity index (χ0v) is 9.27. The minimum atomic E-state index is 0.362. The SMILES string of the molecule is CCc1cc(Nc2ccccc2)ccc1O. The third-order valence-corrected chi connectivity index (χ3v) is 2.52. The summed E-state index contributed by atoms with van der Waals surface area (Å²) in [6.45, 7) is 2.03. The van der Waals surface area contributed by atoms with Gasteiger partial charge in [-0.05, 0) is 42.3 Å². The van der Waals surface area contributed by atoms with E-state index in [1.165, 1.54) is 0 Å². The summed E-state index contributed by atoms with van der Waals surface area (Å²) < 4.78 is 0. The van der Waals surface area contributed by atoms with Crippen LogP contribution < -0.4 is 5.32 Å². The molecule has 0 bridgehead atoms. The molecule has 2 aromatic rings. The largest absolute Gasteiger partial charge is 0.508 e. The van der Waals surface area contributed by atoms with Gasteiger partial charge >= 0.3 is 0 Å². The van der Waals surface area contributed by atoms with Crippen molar-refractivity contribution in [1.29, 1.82) is 0 Å². The lowest BCUT2D eigenvalue weighted by Gasteiger charge is -2.08. The molecule has 2 heteroatoms. The summed E-state index contributed by atoms with van der Waals surface area (Å²) in [5.74, 6) is 0.362. The van der Waals surface area contributed by atoms with Crippen LogP contribution in [-0.4, -0.2) is 5.11 Å². The molecule has 0 amide bonds. The number of benzene rings is 2. The van der Waals surface area contributed by atoms with Gasteiger partial charge in [0.25, 0.3) is 0 Å². The molecule has 0 aliphatic rings. The standard InChI is InChI=1S/C14H15NO/c1-2-11-10-13(8-9-14(11)16)15-12-6-4-3-5-7-12/h3-10,15-16H,2H2,1H3. The lowest BCUT2D eigenvalue weighted by Crippen LogP contribution is -1.91. The van der Waals surface area contributed by atoms with Gasteiger partial charge in [-0.3, -0.25) is 0 Å². The maximum atomic E-state index is 9.57. The van der Waals surface area contributed by atoms with Gasteiger partial charge in [0.15, 0.2) is 0 Å². The van der Waals surface area contributed by atoms with Gasteiger partial charge < -0.3 is 10.4 Å². The Bertz CT molecular complexity index is 465. The van der Waals surface area contributed by atoms with E-state index in [2.05, 4.69) is 5.32 Å². The van der Waals surface area contributed by atoms with Crippen LogP contribution in [0.4, 0.5) is 11.4 Å². The van der Waals surface area contributed by atoms with Crippen molar-refractivity contribution in [1.82, 2.24) is 0 Å². The Morgan fingerprint density at radius 2 is 1.75 bits per heavy atom. The maximum absolute atomic E-state index is 9.57. The van der Waals surface area contributed by atoms with Crippen molar-refractivity contribution >= 4 is 11.4 Å². The van der Waals surface area contributed by atoms with Gasteiger partial charge in [0, 0.05) is 11.4 Å². The summed E-state index contributed by atoms with van der Waals surface area (Å²) in [5, 5.41) is 12.9. The molecule has 2 aromatic carbocycles. The second kappa shape index (κ2) is 4.71. The van der Waals surface area contributed by atoms with Crippen molar-refractivity contribution in [3.63, 3.8) is 0 Å². The molecule has 0 unspecified atom stereocenters. The van der Waals surface area contributed by atoms with Crippen LogP contribution in [0.3, 0.4) is 0 Å². The molecule has 2 nitrogen and oxygen atoms in total. The van der Waals surface area contributed by atoms with Gasteiger partial charge in [0.1, 0.15) is 5.75 Å². The highest BCUT2D eigenvalue weighted by atomic mass is 16.3. The van der Waals surface area contributed by atoms with Crippen LogP contribution >= 0.6 is 0 Å². The summed E-state index contributed by atoms with van der Waals surface area (Å²) in [6, 6.07) is 15.6. The van der Waals surface area contributed by atoms with Crippen LogP contribution in [0.5, 0.6) is 5.75 Å². The predicted molar refractivity (Wildman–Crippen MR) is 67.2 cm³/mol. The molecule has 0 fully saturated rings. The first-order chi connectivity index (χ1) is 7.79. The first kappa shape index (κ1) is 10.6. The Kier molecular flexibility index (Phi) is 3.10. The van der Waals surface area contributed by atoms with Crippen molar-refractivity contribution in [2.24, 2.45) is 0 Å². The number of para-hydroxylation sites is 1. The second-order valence-corrected chi connectivity index (χ2v) is 3.69. The van der Waals surface area contributed by atoms with Crippen LogP contribution in [0.25, 0.3) is 0 Å². The maximum Gasteiger partial charge on any atom is 0.118 e. The minimum Gasteiger partial charge on any atom is -0.508 e. The van der Waals surface area contributed by atoms with Crippen molar-refractivity contribution in [2.45, 2.75) is 13.3 Å². The number of aryl methyl sites for hydroxylation is 1. The van der Waals surface area contributed by atoms with Crippen molar-refractivity contribution < 1.29 is 5.11 Å². The average Bonchev–Trinajstić information content (AvgIpc) is 2.33. The molecule has 0 atom stereocenters. The number of anilines is 2. The van der Waals surface area contributed by atoms with Gasteiger partial charge in [-0.1, -0.05) is 25.1 Å². The van der Waals surface area contributed by atoms with Crippen LogP contribution in [0.2, 0.25) is 0 Å². The Labute approximate surface area is 95.6 Å². The lowest BCUT2D eigenvalue weighted by molar-refractivity contribution is 0.469. The van der Waals surface area contributed by atoms with Gasteiger partial charge in [0.2, 0.25) is 0 Å². The van der Waals surface area contributed by atoms with E-state index in [1.54, 1.807) is 6.07 Å². The number of nitrogens with one attached hydrogen (secondary N) is 1. The smallest absolute Gasteiger partial charge is 0.118 e. The Morgan fingerprint density at radius 1 is 1.00 bits per heavy atom. The molecular formula is C14H15NO. The summed E-state index contributed by atoms with van der Waals surface area (Å²) >= 11 is 0. The van der Waals surface area contributed by atoms with E-state index in [0.717, 1.165) is 23.4 Å². The monoisotopic (exact) mass is 213 g/mol. The first-order valence-corrected chi connectivity index (χ1v) is 5.43. The Hall–Kier alpha value is -1.96. The van der Waals surface area contributed by atoms with Crippen LogP contribution in [-0.2, 0) is 6.42 Å². The summed E-state index contributed by atoms with van der Waals surface area (Å²) in [6.07, 6.45) is 0.830. The van der Waals surface area contributed by atoms with E-state index in [0.29, 0.717) is 5.75 Å². The van der Waals surface area contributed by atoms with Gasteiger partial charge in [0.05, 0.1) is 0 Å².